The van der Waals surface area contributed by atoms with Crippen molar-refractivity contribution in [1.82, 2.24) is 10.2 Å². The van der Waals surface area contributed by atoms with Gasteiger partial charge in [0, 0.05) is 71.1 Å². The number of hydrogen-bond acceptors (Lipinski definition) is 11. The van der Waals surface area contributed by atoms with Crippen molar-refractivity contribution in [2.45, 2.75) is 143 Å². The second-order valence-corrected chi connectivity index (χ2v) is 19.4. The van der Waals surface area contributed by atoms with Crippen LogP contribution in [-0.4, -0.2) is 56.8 Å². The van der Waals surface area contributed by atoms with Gasteiger partial charge in [0.05, 0.1) is 45.1 Å². The predicted octanol–water partition coefficient (Wildman–Crippen LogP) is 6.95. The molecule has 0 fully saturated rings. The average Bonchev–Trinajstić information content (AvgIpc) is 4.01. The first kappa shape index (κ1) is 66.6. The molecule has 0 saturated carbocycles. The molecule has 69 heavy (non-hydrogen) atoms. The molecule has 17 heteroatoms. The van der Waals surface area contributed by atoms with E-state index in [1.807, 2.05) is 77.9 Å². The second kappa shape index (κ2) is 39.0. The quantitative estimate of drug-likeness (QED) is 0.0187. The minimum absolute atomic E-state index is 0. The van der Waals surface area contributed by atoms with Crippen molar-refractivity contribution in [3.05, 3.63) is 117 Å². The number of halogens is 4. The molecule has 6 rings (SSSR count). The van der Waals surface area contributed by atoms with Crippen LogP contribution in [0.2, 0.25) is 10.0 Å². The molecule has 2 unspecified atom stereocenters. The number of esters is 2. The Balaban J connectivity index is 0. The van der Waals surface area contributed by atoms with E-state index in [0.29, 0.717) is 24.1 Å². The summed E-state index contributed by atoms with van der Waals surface area (Å²) in [5, 5.41) is 13.3. The van der Waals surface area contributed by atoms with E-state index in [4.69, 9.17) is 52.9 Å². The number of unbranched alkanes of at least 4 members (excludes halogenated alkanes) is 4. The summed E-state index contributed by atoms with van der Waals surface area (Å²) in [6.45, 7) is 16.2. The first-order chi connectivity index (χ1) is 32.6. The van der Waals surface area contributed by atoms with E-state index in [2.05, 4.69) is 55.3 Å². The van der Waals surface area contributed by atoms with Crippen LogP contribution < -0.4 is 113 Å². The van der Waals surface area contributed by atoms with E-state index in [-0.39, 0.29) is 128 Å². The number of nitrogens with one attached hydrogen (secondary N) is 1. The third-order valence-electron chi connectivity index (χ3n) is 11.7. The standard InChI is InChI=1S/C25H34ClNO3.C18H26BrClO2.C7H9NO.CH3F.CH2O3.2K.H/c1-4-29-24(28)25(2,3)15-9-5-6-12-22(20-10-7-8-11-21(20)26)27-16-13-23-19(18-27)14-17-30-23;1-4-22-17(21)18(2,3)13-9-5-6-11-15(19)14-10-7-8-12-16(14)20;1-3-8-5-6-2-4-9-7(1)6;1-2;2-1-4-3;;;/h7-8,10-11,14,17,22H,4-6,9,12-13,15-16,18H2,1-3H3;7-8,10,12,15H,4-6,9,11,13H2,1-3H3;2,4,8H,1,3,5H2;1H3;1,3H;;;/q;;;;;2*+1;-1/p-1/i;;;1D;;;;. The van der Waals surface area contributed by atoms with Gasteiger partial charge in [-0.2, -0.15) is 0 Å². The summed E-state index contributed by atoms with van der Waals surface area (Å²) < 4.78 is 36.6. The van der Waals surface area contributed by atoms with Gasteiger partial charge in [-0.3, -0.25) is 23.7 Å². The molecule has 1 N–H and O–H groups in total. The van der Waals surface area contributed by atoms with Gasteiger partial charge in [-0.05, 0) is 103 Å². The molecule has 11 nitrogen and oxygen atoms in total. The summed E-state index contributed by atoms with van der Waals surface area (Å²) >= 11 is 16.5. The number of carbonyl (C=O) groups excluding carboxylic acids is 3. The van der Waals surface area contributed by atoms with Crippen LogP contribution in [0.3, 0.4) is 0 Å². The Hall–Kier alpha value is -0.447. The van der Waals surface area contributed by atoms with Gasteiger partial charge in [-0.1, -0.05) is 114 Å². The molecule has 4 heterocycles. The zero-order valence-electron chi connectivity index (χ0n) is 44.2. The SMILES string of the molecule is CCOC(=O)C(C)(C)CCCCCC(Br)c1ccccc1Cl.CCOC(=O)C(C)(C)CCCCCC(c1ccccc1Cl)N1CCc2occc2C1.O=CO[O-].[2H]CF.[H-].[K+].[K+].c1cc2c(o1)CCNC2. The average molecular weight is 1120 g/mol. The van der Waals surface area contributed by atoms with Gasteiger partial charge in [0.15, 0.2) is 0 Å². The molecule has 0 aliphatic carbocycles. The van der Waals surface area contributed by atoms with E-state index in [0.717, 1.165) is 130 Å². The summed E-state index contributed by atoms with van der Waals surface area (Å²) in [7, 11) is -1.00. The van der Waals surface area contributed by atoms with Gasteiger partial charge >= 0.3 is 115 Å². The van der Waals surface area contributed by atoms with Crippen LogP contribution in [0.4, 0.5) is 4.39 Å². The van der Waals surface area contributed by atoms with Crippen molar-refractivity contribution in [2.24, 2.45) is 10.8 Å². The summed E-state index contributed by atoms with van der Waals surface area (Å²) in [6.07, 6.45) is 15.8. The Morgan fingerprint density at radius 2 is 1.30 bits per heavy atom. The van der Waals surface area contributed by atoms with Crippen LogP contribution in [0.1, 0.15) is 153 Å². The maximum Gasteiger partial charge on any atom is 1.00 e. The Bertz CT molecular complexity index is 2010. The summed E-state index contributed by atoms with van der Waals surface area (Å²) in [4.78, 5) is 38.0. The number of nitrogens with zero attached hydrogens (tertiary/aromatic N) is 1. The molecule has 2 atom stereocenters. The van der Waals surface area contributed by atoms with Crippen molar-refractivity contribution in [2.75, 3.05) is 33.5 Å². The molecule has 0 amide bonds. The Morgan fingerprint density at radius 1 is 0.826 bits per heavy atom. The number of alkyl halides is 2. The van der Waals surface area contributed by atoms with E-state index in [1.165, 1.54) is 16.7 Å². The molecule has 0 bridgehead atoms. The zero-order chi connectivity index (χ0) is 50.4. The topological polar surface area (TPSA) is 144 Å². The van der Waals surface area contributed by atoms with Gasteiger partial charge < -0.3 is 35.2 Å². The van der Waals surface area contributed by atoms with Gasteiger partial charge in [0.2, 0.25) is 0 Å². The molecule has 2 aliphatic rings. The maximum absolute atomic E-state index is 12.1. The van der Waals surface area contributed by atoms with Crippen LogP contribution in [0.15, 0.2) is 82.0 Å². The second-order valence-electron chi connectivity index (χ2n) is 17.5. The third kappa shape index (κ3) is 25.6. The monoisotopic (exact) mass is 1120 g/mol. The molecule has 2 aliphatic heterocycles. The van der Waals surface area contributed by atoms with Gasteiger partial charge in [-0.25, -0.2) is 0 Å². The Morgan fingerprint density at radius 3 is 1.80 bits per heavy atom. The van der Waals surface area contributed by atoms with E-state index < -0.39 is 12.6 Å². The van der Waals surface area contributed by atoms with Gasteiger partial charge in [0.1, 0.15) is 11.5 Å². The normalized spacial score (nSPS) is 13.8. The first-order valence-corrected chi connectivity index (χ1v) is 24.9. The number of carbonyl (C=O) groups is 3. The number of fused-ring (bicyclic) bond motifs is 2. The third-order valence-corrected chi connectivity index (χ3v) is 13.3. The van der Waals surface area contributed by atoms with Crippen LogP contribution in [0, 0.1) is 10.8 Å². The van der Waals surface area contributed by atoms with Crippen LogP contribution in [-0.2, 0) is 54.7 Å². The van der Waals surface area contributed by atoms with Crippen molar-refractivity contribution in [3.8, 4) is 0 Å². The van der Waals surface area contributed by atoms with Crippen molar-refractivity contribution < 1.29 is 153 Å². The fourth-order valence-electron chi connectivity index (χ4n) is 7.88. The zero-order valence-corrected chi connectivity index (χ0v) is 51.6. The van der Waals surface area contributed by atoms with Crippen molar-refractivity contribution >= 4 is 57.5 Å². The smallest absolute Gasteiger partial charge is 1.00 e. The van der Waals surface area contributed by atoms with Crippen molar-refractivity contribution in [1.29, 1.82) is 0 Å². The summed E-state index contributed by atoms with van der Waals surface area (Å²) in [5.41, 5.74) is 4.17. The minimum atomic E-state index is -1.00. The fraction of sp³-hybridized carbons (Fsp3) is 0.558. The largest absolute Gasteiger partial charge is 1.00 e. The molecule has 2 aromatic carbocycles. The first-order valence-electron chi connectivity index (χ1n) is 23.9. The van der Waals surface area contributed by atoms with E-state index in [9.17, 15) is 14.0 Å². The number of hydrogen-bond donors (Lipinski definition) is 1. The number of ether oxygens (including phenoxy) is 2. The fourth-order valence-corrected chi connectivity index (χ4v) is 9.26. The molecule has 4 aromatic rings. The van der Waals surface area contributed by atoms with E-state index >= 15 is 0 Å². The number of benzene rings is 2. The molecule has 0 radical (unpaired) electrons. The Labute approximate surface area is 517 Å². The Kier molecular flexibility index (Phi) is 37.7. The molecule has 376 valence electrons. The van der Waals surface area contributed by atoms with Gasteiger partial charge in [0.25, 0.3) is 6.47 Å². The molecular weight excluding hydrogens is 1040 g/mol. The van der Waals surface area contributed by atoms with E-state index in [1.54, 1.807) is 12.5 Å². The molecule has 2 aromatic heterocycles. The predicted molar refractivity (Wildman–Crippen MR) is 267 cm³/mol. The summed E-state index contributed by atoms with van der Waals surface area (Å²) in [6, 6.07) is 20.6. The molecule has 0 spiro atoms. The number of rotatable bonds is 20. The number of furan rings is 2. The van der Waals surface area contributed by atoms with Crippen molar-refractivity contribution in [3.63, 3.8) is 0 Å². The van der Waals surface area contributed by atoms with Gasteiger partial charge in [-0.15, -0.1) is 0 Å². The van der Waals surface area contributed by atoms with Crippen LogP contribution in [0.25, 0.3) is 0 Å². The van der Waals surface area contributed by atoms with Crippen LogP contribution in [0.5, 0.6) is 0 Å². The molecule has 0 saturated heterocycles. The summed E-state index contributed by atoms with van der Waals surface area (Å²) in [5.74, 6) is 2.09. The maximum atomic E-state index is 12.1. The minimum Gasteiger partial charge on any atom is -1.00 e. The molecular formula is C52H74BrCl2FK2N2O9. The van der Waals surface area contributed by atoms with Crippen LogP contribution >= 0.6 is 39.1 Å².